The molecule has 0 radical (unpaired) electrons. The fourth-order valence-corrected chi connectivity index (χ4v) is 3.11. The lowest BCUT2D eigenvalue weighted by atomic mass is 10.4. The highest BCUT2D eigenvalue weighted by molar-refractivity contribution is 7.98. The number of hydrogen-bond acceptors (Lipinski definition) is 4. The molecule has 1 aromatic rings. The number of hydrogen-bond donors (Lipinski definition) is 1. The summed E-state index contributed by atoms with van der Waals surface area (Å²) in [5.74, 6) is -0.223. The molecule has 0 spiro atoms. The molecule has 0 bridgehead atoms. The smallest absolute Gasteiger partial charge is 0.241 e. The lowest BCUT2D eigenvalue weighted by Crippen LogP contribution is -2.35. The Morgan fingerprint density at radius 3 is 2.88 bits per heavy atom. The number of rotatable bonds is 5. The van der Waals surface area contributed by atoms with Gasteiger partial charge in [-0.25, -0.2) is 22.5 Å². The van der Waals surface area contributed by atoms with Gasteiger partial charge in [-0.1, -0.05) is 0 Å². The van der Waals surface area contributed by atoms with Crippen molar-refractivity contribution in [2.45, 2.75) is 18.0 Å². The van der Waals surface area contributed by atoms with E-state index in [2.05, 4.69) is 9.71 Å². The predicted octanol–water partition coefficient (Wildman–Crippen LogP) is 1.25. The van der Waals surface area contributed by atoms with E-state index in [0.717, 1.165) is 6.07 Å². The zero-order chi connectivity index (χ0) is 12.2. The molecule has 1 atom stereocenters. The Balaban J connectivity index is 2.91. The van der Waals surface area contributed by atoms with E-state index in [1.165, 1.54) is 24.0 Å². The summed E-state index contributed by atoms with van der Waals surface area (Å²) in [6, 6.07) is 2.15. The molecule has 1 unspecified atom stereocenters. The van der Waals surface area contributed by atoms with Gasteiger partial charge in [-0.3, -0.25) is 0 Å². The molecule has 1 heterocycles. The fraction of sp³-hybridized carbons (Fsp3) is 0.444. The molecule has 1 rings (SSSR count). The summed E-state index contributed by atoms with van der Waals surface area (Å²) in [5.41, 5.74) is 0. The summed E-state index contributed by atoms with van der Waals surface area (Å²) in [5, 5.41) is -0.553. The molecule has 0 fully saturated rings. The number of aromatic nitrogens is 1. The second kappa shape index (κ2) is 5.60. The number of sulfonamides is 1. The molecule has 0 aliphatic carbocycles. The number of nitrogens with zero attached hydrogens (tertiary/aromatic N) is 1. The minimum atomic E-state index is -3.86. The Labute approximate surface area is 98.7 Å². The maximum atomic E-state index is 13.2. The van der Waals surface area contributed by atoms with Gasteiger partial charge in [-0.15, -0.1) is 0 Å². The van der Waals surface area contributed by atoms with Crippen LogP contribution in [0.25, 0.3) is 0 Å². The van der Waals surface area contributed by atoms with Crippen LogP contribution in [0.4, 0.5) is 4.39 Å². The van der Waals surface area contributed by atoms with E-state index in [9.17, 15) is 12.8 Å². The first-order valence-electron chi connectivity index (χ1n) is 4.59. The van der Waals surface area contributed by atoms with Crippen LogP contribution in [0.1, 0.15) is 6.92 Å². The van der Waals surface area contributed by atoms with Crippen LogP contribution in [0.3, 0.4) is 0 Å². The average molecular weight is 264 g/mol. The van der Waals surface area contributed by atoms with Gasteiger partial charge in [-0.05, 0) is 25.3 Å². The Bertz CT molecular complexity index is 451. The van der Waals surface area contributed by atoms with Crippen LogP contribution in [0, 0.1) is 5.82 Å². The summed E-state index contributed by atoms with van der Waals surface area (Å²) < 4.78 is 39.0. The van der Waals surface area contributed by atoms with E-state index in [0.29, 0.717) is 5.75 Å². The maximum absolute atomic E-state index is 13.2. The highest BCUT2D eigenvalue weighted by atomic mass is 32.2. The van der Waals surface area contributed by atoms with E-state index >= 15 is 0 Å². The van der Waals surface area contributed by atoms with Crippen molar-refractivity contribution in [3.05, 3.63) is 24.1 Å². The molecule has 1 N–H and O–H groups in total. The van der Waals surface area contributed by atoms with Crippen molar-refractivity contribution in [1.82, 2.24) is 9.71 Å². The summed E-state index contributed by atoms with van der Waals surface area (Å²) in [4.78, 5) is 3.53. The molecule has 7 heteroatoms. The Morgan fingerprint density at radius 2 is 2.31 bits per heavy atom. The number of nitrogens with one attached hydrogen (secondary N) is 1. The third-order valence-corrected chi connectivity index (χ3v) is 4.11. The molecule has 0 aliphatic heterocycles. The van der Waals surface area contributed by atoms with Crippen LogP contribution in [-0.2, 0) is 10.0 Å². The first kappa shape index (κ1) is 13.4. The second-order valence-electron chi connectivity index (χ2n) is 3.27. The molecule has 4 nitrogen and oxygen atoms in total. The molecule has 1 aromatic heterocycles. The summed E-state index contributed by atoms with van der Waals surface area (Å²) in [6.07, 6.45) is 3.11. The summed E-state index contributed by atoms with van der Waals surface area (Å²) in [6.45, 7) is 1.72. The minimum absolute atomic E-state index is 0.263. The van der Waals surface area contributed by atoms with Gasteiger partial charge in [0.15, 0.2) is 5.82 Å². The van der Waals surface area contributed by atoms with Crippen molar-refractivity contribution in [3.8, 4) is 0 Å². The SMILES string of the molecule is CSCC(C)NS(=O)(=O)c1ncccc1F. The van der Waals surface area contributed by atoms with Crippen LogP contribution in [0.5, 0.6) is 0 Å². The van der Waals surface area contributed by atoms with Gasteiger partial charge < -0.3 is 0 Å². The first-order chi connectivity index (χ1) is 7.47. The van der Waals surface area contributed by atoms with Crippen LogP contribution in [-0.4, -0.2) is 31.5 Å². The van der Waals surface area contributed by atoms with Crippen LogP contribution >= 0.6 is 11.8 Å². The third-order valence-electron chi connectivity index (χ3n) is 1.75. The van der Waals surface area contributed by atoms with E-state index in [1.54, 1.807) is 6.92 Å². The van der Waals surface area contributed by atoms with Crippen LogP contribution in [0.2, 0.25) is 0 Å². The summed E-state index contributed by atoms with van der Waals surface area (Å²) in [7, 11) is -3.86. The highest BCUT2D eigenvalue weighted by Crippen LogP contribution is 2.11. The van der Waals surface area contributed by atoms with Gasteiger partial charge in [0.2, 0.25) is 5.03 Å². The fourth-order valence-electron chi connectivity index (χ4n) is 1.17. The molecular formula is C9H13FN2O2S2. The van der Waals surface area contributed by atoms with Gasteiger partial charge in [-0.2, -0.15) is 11.8 Å². The van der Waals surface area contributed by atoms with Crippen molar-refractivity contribution in [3.63, 3.8) is 0 Å². The maximum Gasteiger partial charge on any atom is 0.261 e. The molecule has 0 saturated heterocycles. The third kappa shape index (κ3) is 3.43. The number of pyridine rings is 1. The molecule has 0 amide bonds. The van der Waals surface area contributed by atoms with E-state index in [1.807, 2.05) is 6.26 Å². The van der Waals surface area contributed by atoms with E-state index < -0.39 is 20.9 Å². The van der Waals surface area contributed by atoms with Crippen molar-refractivity contribution >= 4 is 21.8 Å². The van der Waals surface area contributed by atoms with Crippen molar-refractivity contribution in [1.29, 1.82) is 0 Å². The van der Waals surface area contributed by atoms with E-state index in [4.69, 9.17) is 0 Å². The average Bonchev–Trinajstić information content (AvgIpc) is 2.17. The monoisotopic (exact) mass is 264 g/mol. The van der Waals surface area contributed by atoms with Gasteiger partial charge >= 0.3 is 0 Å². The van der Waals surface area contributed by atoms with Crippen molar-refractivity contribution < 1.29 is 12.8 Å². The van der Waals surface area contributed by atoms with Gasteiger partial charge in [0.05, 0.1) is 0 Å². The molecule has 0 aliphatic rings. The Kier molecular flexibility index (Phi) is 4.69. The summed E-state index contributed by atoms with van der Waals surface area (Å²) >= 11 is 1.51. The zero-order valence-corrected chi connectivity index (χ0v) is 10.6. The molecule has 0 saturated carbocycles. The molecule has 0 aromatic carbocycles. The van der Waals surface area contributed by atoms with Gasteiger partial charge in [0, 0.05) is 18.0 Å². The molecule has 16 heavy (non-hydrogen) atoms. The van der Waals surface area contributed by atoms with Gasteiger partial charge in [0.1, 0.15) is 0 Å². The second-order valence-corrected chi connectivity index (χ2v) is 5.81. The van der Waals surface area contributed by atoms with E-state index in [-0.39, 0.29) is 6.04 Å². The minimum Gasteiger partial charge on any atom is -0.241 e. The number of halogens is 1. The lowest BCUT2D eigenvalue weighted by Gasteiger charge is -2.12. The standard InChI is InChI=1S/C9H13FN2O2S2/c1-7(6-15-2)12-16(13,14)9-8(10)4-3-5-11-9/h3-5,7,12H,6H2,1-2H3. The zero-order valence-electron chi connectivity index (χ0n) is 8.97. The topological polar surface area (TPSA) is 59.1 Å². The molecule has 90 valence electrons. The Hall–Kier alpha value is -0.660. The normalized spacial score (nSPS) is 13.7. The van der Waals surface area contributed by atoms with Crippen LogP contribution < -0.4 is 4.72 Å². The van der Waals surface area contributed by atoms with Gasteiger partial charge in [0.25, 0.3) is 10.0 Å². The molecular weight excluding hydrogens is 251 g/mol. The largest absolute Gasteiger partial charge is 0.261 e. The van der Waals surface area contributed by atoms with Crippen LogP contribution in [0.15, 0.2) is 23.4 Å². The highest BCUT2D eigenvalue weighted by Gasteiger charge is 2.22. The quantitative estimate of drug-likeness (QED) is 0.869. The Morgan fingerprint density at radius 1 is 1.62 bits per heavy atom. The number of thioether (sulfide) groups is 1. The first-order valence-corrected chi connectivity index (χ1v) is 7.47. The van der Waals surface area contributed by atoms with Crippen molar-refractivity contribution in [2.75, 3.05) is 12.0 Å². The predicted molar refractivity (Wildman–Crippen MR) is 62.4 cm³/mol. The van der Waals surface area contributed by atoms with Crippen molar-refractivity contribution in [2.24, 2.45) is 0 Å². The lowest BCUT2D eigenvalue weighted by molar-refractivity contribution is 0.538.